The van der Waals surface area contributed by atoms with Gasteiger partial charge in [0.25, 0.3) is 5.89 Å². The number of ether oxygens (including phenoxy) is 1. The standard InChI is InChI=1S/C22H30F3N5O2.C2H6.CH3Cl.CH4O/c1-2-3-4-5-6-7-13-31-18-11-10-15(14-16(18)22(23,24)25)19-28-20(32-29-19)17-9-8-12-30(17)21(26)27;3*1-2/h10-11,14,17H,2-9,12-13H2,1H3,(H3,26,27);1-2H3;1H3;2H,1H3/p+1. The van der Waals surface area contributed by atoms with Gasteiger partial charge in [0.15, 0.2) is 6.04 Å². The zero-order valence-corrected chi connectivity index (χ0v) is 23.9. The first-order valence-corrected chi connectivity index (χ1v) is 13.7. The molecular formula is C26H44ClF3N5O3+. The van der Waals surface area contributed by atoms with Gasteiger partial charge >= 0.3 is 12.1 Å². The van der Waals surface area contributed by atoms with Gasteiger partial charge in [-0.1, -0.05) is 58.0 Å². The fourth-order valence-electron chi connectivity index (χ4n) is 3.90. The topological polar surface area (TPSA) is 123 Å². The second-order valence-corrected chi connectivity index (χ2v) is 8.06. The lowest BCUT2D eigenvalue weighted by Crippen LogP contribution is -2.35. The third kappa shape index (κ3) is 11.1. The molecule has 0 aliphatic carbocycles. The Labute approximate surface area is 229 Å². The van der Waals surface area contributed by atoms with Crippen LogP contribution < -0.4 is 16.2 Å². The summed E-state index contributed by atoms with van der Waals surface area (Å²) in [5, 5.41) is 10.9. The highest BCUT2D eigenvalue weighted by Gasteiger charge is 2.36. The van der Waals surface area contributed by atoms with Crippen LogP contribution in [0.2, 0.25) is 0 Å². The molecule has 12 heteroatoms. The molecule has 1 atom stereocenters. The third-order valence-corrected chi connectivity index (χ3v) is 5.61. The summed E-state index contributed by atoms with van der Waals surface area (Å²) < 4.78 is 53.5. The van der Waals surface area contributed by atoms with Crippen molar-refractivity contribution in [1.29, 1.82) is 0 Å². The lowest BCUT2D eigenvalue weighted by Gasteiger charge is -2.15. The lowest BCUT2D eigenvalue weighted by atomic mass is 10.1. The molecule has 0 bridgehead atoms. The van der Waals surface area contributed by atoms with Gasteiger partial charge in [0.2, 0.25) is 5.82 Å². The largest absolute Gasteiger partial charge is 0.493 e. The molecule has 1 aromatic heterocycles. The van der Waals surface area contributed by atoms with E-state index in [2.05, 4.69) is 28.7 Å². The van der Waals surface area contributed by atoms with E-state index in [-0.39, 0.29) is 41.6 Å². The van der Waals surface area contributed by atoms with E-state index in [1.165, 1.54) is 24.9 Å². The molecule has 38 heavy (non-hydrogen) atoms. The highest BCUT2D eigenvalue weighted by molar-refractivity contribution is 6.15. The van der Waals surface area contributed by atoms with E-state index >= 15 is 0 Å². The fraction of sp³-hybridized carbons (Fsp3) is 0.654. The predicted molar refractivity (Wildman–Crippen MR) is 145 cm³/mol. The van der Waals surface area contributed by atoms with E-state index in [4.69, 9.17) is 25.8 Å². The number of rotatable bonds is 10. The number of unbranched alkanes of at least 4 members (excludes halogenated alkanes) is 5. The smallest absolute Gasteiger partial charge is 0.419 e. The van der Waals surface area contributed by atoms with Crippen molar-refractivity contribution in [2.45, 2.75) is 84.4 Å². The molecule has 1 aromatic carbocycles. The highest BCUT2D eigenvalue weighted by atomic mass is 35.5. The number of guanidine groups is 1. The van der Waals surface area contributed by atoms with Crippen LogP contribution in [0.5, 0.6) is 5.75 Å². The van der Waals surface area contributed by atoms with Crippen LogP contribution in [0.4, 0.5) is 13.2 Å². The minimum atomic E-state index is -4.57. The van der Waals surface area contributed by atoms with Crippen LogP contribution >= 0.6 is 11.6 Å². The van der Waals surface area contributed by atoms with Gasteiger partial charge in [-0.3, -0.25) is 16.0 Å². The molecule has 8 nitrogen and oxygen atoms in total. The summed E-state index contributed by atoms with van der Waals surface area (Å²) in [6.45, 7) is 7.04. The summed E-state index contributed by atoms with van der Waals surface area (Å²) in [6.07, 6.45) is 4.66. The van der Waals surface area contributed by atoms with E-state index in [1.54, 1.807) is 4.58 Å². The number of hydrogen-bond donors (Lipinski definition) is 3. The maximum atomic E-state index is 13.7. The number of aliphatic hydroxyl groups excluding tert-OH is 1. The van der Waals surface area contributed by atoms with E-state index in [0.29, 0.717) is 6.54 Å². The SMILES string of the molecule is CC.CCCCCCCCOc1ccc(-c2noc(C3CCC[N+]3=C(N)N)n2)cc1C(F)(F)F.CCl.CO. The Hall–Kier alpha value is -2.53. The van der Waals surface area contributed by atoms with Crippen LogP contribution in [-0.2, 0) is 6.18 Å². The number of aliphatic hydroxyl groups is 1. The van der Waals surface area contributed by atoms with Crippen LogP contribution in [0, 0.1) is 0 Å². The minimum Gasteiger partial charge on any atom is -0.493 e. The summed E-state index contributed by atoms with van der Waals surface area (Å²) in [7, 11) is 1.00. The number of hydrogen-bond acceptors (Lipinski definition) is 5. The lowest BCUT2D eigenvalue weighted by molar-refractivity contribution is -0.555. The van der Waals surface area contributed by atoms with Gasteiger partial charge in [-0.15, -0.1) is 11.6 Å². The molecule has 3 rings (SSSR count). The van der Waals surface area contributed by atoms with Gasteiger partial charge in [0.1, 0.15) is 5.75 Å². The number of alkyl halides is 4. The first-order valence-electron chi connectivity index (χ1n) is 13.0. The predicted octanol–water partition coefficient (Wildman–Crippen LogP) is 6.11. The van der Waals surface area contributed by atoms with Crippen molar-refractivity contribution < 1.29 is 32.1 Å². The molecule has 218 valence electrons. The minimum absolute atomic E-state index is 0.0791. The Morgan fingerprint density at radius 2 is 1.76 bits per heavy atom. The molecule has 1 fully saturated rings. The van der Waals surface area contributed by atoms with Gasteiger partial charge in [-0.2, -0.15) is 18.2 Å². The molecule has 0 amide bonds. The summed E-state index contributed by atoms with van der Waals surface area (Å²) in [4.78, 5) is 4.31. The molecule has 5 N–H and O–H groups in total. The van der Waals surface area contributed by atoms with Crippen LogP contribution in [0.15, 0.2) is 22.7 Å². The molecule has 0 radical (unpaired) electrons. The van der Waals surface area contributed by atoms with Crippen molar-refractivity contribution >= 4 is 17.6 Å². The average Bonchev–Trinajstić information content (AvgIpc) is 3.61. The Morgan fingerprint density at radius 3 is 2.37 bits per heavy atom. The molecule has 0 saturated carbocycles. The molecular weight excluding hydrogens is 523 g/mol. The van der Waals surface area contributed by atoms with Crippen LogP contribution in [0.3, 0.4) is 0 Å². The van der Waals surface area contributed by atoms with Crippen molar-refractivity contribution in [2.24, 2.45) is 11.5 Å². The second kappa shape index (κ2) is 19.5. The van der Waals surface area contributed by atoms with Gasteiger partial charge < -0.3 is 14.4 Å². The van der Waals surface area contributed by atoms with Crippen molar-refractivity contribution in [1.82, 2.24) is 10.1 Å². The van der Waals surface area contributed by atoms with Crippen molar-refractivity contribution in [3.63, 3.8) is 0 Å². The first-order chi connectivity index (χ1) is 18.3. The van der Waals surface area contributed by atoms with Gasteiger partial charge in [-0.25, -0.2) is 0 Å². The van der Waals surface area contributed by atoms with Crippen LogP contribution in [-0.4, -0.2) is 52.4 Å². The zero-order chi connectivity index (χ0) is 29.1. The maximum absolute atomic E-state index is 13.7. The molecule has 1 saturated heterocycles. The molecule has 1 unspecified atom stereocenters. The Kier molecular flexibility index (Phi) is 18.2. The number of nitrogens with two attached hydrogens (primary N) is 2. The molecule has 2 aromatic rings. The van der Waals surface area contributed by atoms with E-state index < -0.39 is 11.7 Å². The van der Waals surface area contributed by atoms with Gasteiger partial charge in [0, 0.05) is 19.1 Å². The normalized spacial score (nSPS) is 14.4. The quantitative estimate of drug-likeness (QED) is 0.137. The van der Waals surface area contributed by atoms with Crippen molar-refractivity contribution in [3.05, 3.63) is 29.7 Å². The fourth-order valence-corrected chi connectivity index (χ4v) is 3.90. The molecule has 1 aliphatic heterocycles. The maximum Gasteiger partial charge on any atom is 0.419 e. The van der Waals surface area contributed by atoms with E-state index in [9.17, 15) is 13.2 Å². The van der Waals surface area contributed by atoms with Gasteiger partial charge in [-0.05, 0) is 37.5 Å². The number of benzene rings is 1. The number of aromatic nitrogens is 2. The van der Waals surface area contributed by atoms with E-state index in [0.717, 1.165) is 58.1 Å². The van der Waals surface area contributed by atoms with E-state index in [1.807, 2.05) is 13.8 Å². The summed E-state index contributed by atoms with van der Waals surface area (Å²) in [5.74, 6) is 0.322. The monoisotopic (exact) mass is 566 g/mol. The summed E-state index contributed by atoms with van der Waals surface area (Å²) >= 11 is 4.64. The molecule has 1 aliphatic rings. The Bertz CT molecular complexity index is 935. The Balaban J connectivity index is 0.00000213. The summed E-state index contributed by atoms with van der Waals surface area (Å²) in [6, 6.07) is 3.55. The molecule has 0 spiro atoms. The first kappa shape index (κ1) is 35.5. The Morgan fingerprint density at radius 1 is 1.13 bits per heavy atom. The van der Waals surface area contributed by atoms with Crippen LogP contribution in [0.25, 0.3) is 11.4 Å². The van der Waals surface area contributed by atoms with Crippen molar-refractivity contribution in [3.8, 4) is 17.1 Å². The van der Waals surface area contributed by atoms with Crippen molar-refractivity contribution in [2.75, 3.05) is 26.6 Å². The zero-order valence-electron chi connectivity index (χ0n) is 23.2. The van der Waals surface area contributed by atoms with Gasteiger partial charge in [0.05, 0.1) is 18.7 Å². The highest BCUT2D eigenvalue weighted by Crippen LogP contribution is 2.39. The second-order valence-electron chi connectivity index (χ2n) is 8.06. The average molecular weight is 567 g/mol. The number of halogens is 4. The van der Waals surface area contributed by atoms with Crippen LogP contribution in [0.1, 0.15) is 89.6 Å². The summed E-state index contributed by atoms with van der Waals surface area (Å²) in [5.41, 5.74) is 10.7. The number of nitrogens with zero attached hydrogens (tertiary/aromatic N) is 3. The molecule has 2 heterocycles. The third-order valence-electron chi connectivity index (χ3n) is 5.61.